The van der Waals surface area contributed by atoms with Crippen molar-refractivity contribution < 1.29 is 5.11 Å². The first kappa shape index (κ1) is 9.73. The van der Waals surface area contributed by atoms with Crippen LogP contribution in [0.4, 0.5) is 11.5 Å². The van der Waals surface area contributed by atoms with Gasteiger partial charge in [-0.3, -0.25) is 0 Å². The third-order valence-electron chi connectivity index (χ3n) is 1.78. The average molecular weight is 222 g/mol. The van der Waals surface area contributed by atoms with Crippen LogP contribution in [0.5, 0.6) is 5.75 Å². The van der Waals surface area contributed by atoms with Crippen molar-refractivity contribution in [2.24, 2.45) is 0 Å². The van der Waals surface area contributed by atoms with E-state index in [2.05, 4.69) is 15.3 Å². The molecule has 2 N–H and O–H groups in total. The quantitative estimate of drug-likeness (QED) is 0.766. The third-order valence-corrected chi connectivity index (χ3v) is 1.96. The van der Waals surface area contributed by atoms with Gasteiger partial charge in [-0.15, -0.1) is 0 Å². The minimum absolute atomic E-state index is 0.0387. The molecule has 2 rings (SSSR count). The van der Waals surface area contributed by atoms with Crippen LogP contribution in [0.2, 0.25) is 5.28 Å². The molecule has 1 aromatic heterocycles. The molecule has 0 unspecified atom stereocenters. The highest BCUT2D eigenvalue weighted by atomic mass is 35.5. The third kappa shape index (κ3) is 2.35. The van der Waals surface area contributed by atoms with Gasteiger partial charge in [-0.05, 0) is 23.7 Å². The largest absolute Gasteiger partial charge is 0.503 e. The van der Waals surface area contributed by atoms with Gasteiger partial charge in [-0.25, -0.2) is 4.98 Å². The second-order valence-electron chi connectivity index (χ2n) is 2.86. The van der Waals surface area contributed by atoms with Gasteiger partial charge >= 0.3 is 0 Å². The van der Waals surface area contributed by atoms with E-state index in [-0.39, 0.29) is 11.0 Å². The summed E-state index contributed by atoms with van der Waals surface area (Å²) in [6.45, 7) is 0. The molecule has 0 atom stereocenters. The van der Waals surface area contributed by atoms with Gasteiger partial charge in [-0.2, -0.15) is 4.98 Å². The van der Waals surface area contributed by atoms with Gasteiger partial charge < -0.3 is 10.4 Å². The Kier molecular flexibility index (Phi) is 2.69. The summed E-state index contributed by atoms with van der Waals surface area (Å²) >= 11 is 5.61. The van der Waals surface area contributed by atoms with Crippen LogP contribution in [0.25, 0.3) is 0 Å². The standard InChI is InChI=1S/C10H8ClN3O/c11-10-12-6-8(15)9(14-10)13-7-4-2-1-3-5-7/h1-6,15H,(H,12,13,14). The number of benzene rings is 1. The van der Waals surface area contributed by atoms with Crippen molar-refractivity contribution in [3.8, 4) is 5.75 Å². The van der Waals surface area contributed by atoms with Crippen LogP contribution in [0.3, 0.4) is 0 Å². The predicted molar refractivity (Wildman–Crippen MR) is 58.4 cm³/mol. The number of rotatable bonds is 2. The first-order valence-corrected chi connectivity index (χ1v) is 4.67. The van der Waals surface area contributed by atoms with Crippen LogP contribution in [-0.4, -0.2) is 15.1 Å². The lowest BCUT2D eigenvalue weighted by Crippen LogP contribution is -1.95. The fraction of sp³-hybridized carbons (Fsp3) is 0. The van der Waals surface area contributed by atoms with Crippen LogP contribution < -0.4 is 5.32 Å². The van der Waals surface area contributed by atoms with Crippen molar-refractivity contribution in [1.29, 1.82) is 0 Å². The van der Waals surface area contributed by atoms with Gasteiger partial charge in [0.15, 0.2) is 11.6 Å². The number of nitrogens with one attached hydrogen (secondary N) is 1. The zero-order chi connectivity index (χ0) is 10.7. The molecule has 2 aromatic rings. The summed E-state index contributed by atoms with van der Waals surface area (Å²) in [5.41, 5.74) is 0.822. The van der Waals surface area contributed by atoms with Gasteiger partial charge in [0.25, 0.3) is 0 Å². The normalized spacial score (nSPS) is 9.93. The lowest BCUT2D eigenvalue weighted by atomic mass is 10.3. The van der Waals surface area contributed by atoms with E-state index in [9.17, 15) is 5.11 Å². The number of halogens is 1. The van der Waals surface area contributed by atoms with E-state index in [4.69, 9.17) is 11.6 Å². The molecule has 5 heteroatoms. The number of para-hydroxylation sites is 1. The highest BCUT2D eigenvalue weighted by Crippen LogP contribution is 2.24. The molecule has 4 nitrogen and oxygen atoms in total. The van der Waals surface area contributed by atoms with Crippen molar-refractivity contribution in [2.75, 3.05) is 5.32 Å². The van der Waals surface area contributed by atoms with Crippen LogP contribution >= 0.6 is 11.6 Å². The van der Waals surface area contributed by atoms with Crippen LogP contribution in [0.1, 0.15) is 0 Å². The summed E-state index contributed by atoms with van der Waals surface area (Å²) in [6, 6.07) is 9.37. The highest BCUT2D eigenvalue weighted by molar-refractivity contribution is 6.28. The second-order valence-corrected chi connectivity index (χ2v) is 3.20. The topological polar surface area (TPSA) is 58.0 Å². The zero-order valence-corrected chi connectivity index (χ0v) is 8.44. The number of nitrogens with zero attached hydrogens (tertiary/aromatic N) is 2. The van der Waals surface area contributed by atoms with Crippen molar-refractivity contribution in [2.45, 2.75) is 0 Å². The SMILES string of the molecule is Oc1cnc(Cl)nc1Nc1ccccc1. The molecule has 1 heterocycles. The fourth-order valence-electron chi connectivity index (χ4n) is 1.10. The maximum absolute atomic E-state index is 9.45. The molecule has 0 saturated carbocycles. The summed E-state index contributed by atoms with van der Waals surface area (Å²) in [4.78, 5) is 7.51. The number of anilines is 2. The molecule has 0 aliphatic carbocycles. The van der Waals surface area contributed by atoms with E-state index in [1.54, 1.807) is 0 Å². The summed E-state index contributed by atoms with van der Waals surface area (Å²) in [5.74, 6) is 0.254. The number of aromatic nitrogens is 2. The molecular formula is C10H8ClN3O. The molecule has 1 aromatic carbocycles. The Morgan fingerprint density at radius 3 is 2.67 bits per heavy atom. The van der Waals surface area contributed by atoms with E-state index < -0.39 is 0 Å². The summed E-state index contributed by atoms with van der Waals surface area (Å²) in [7, 11) is 0. The van der Waals surface area contributed by atoms with E-state index in [1.165, 1.54) is 6.20 Å². The summed E-state index contributed by atoms with van der Waals surface area (Å²) in [5, 5.41) is 12.5. The maximum Gasteiger partial charge on any atom is 0.224 e. The number of hydrogen-bond acceptors (Lipinski definition) is 4. The van der Waals surface area contributed by atoms with Crippen molar-refractivity contribution in [3.63, 3.8) is 0 Å². The van der Waals surface area contributed by atoms with Gasteiger partial charge in [0, 0.05) is 5.69 Å². The van der Waals surface area contributed by atoms with Crippen molar-refractivity contribution >= 4 is 23.1 Å². The van der Waals surface area contributed by atoms with Gasteiger partial charge in [0.2, 0.25) is 5.28 Å². The summed E-state index contributed by atoms with van der Waals surface area (Å²) < 4.78 is 0. The molecule has 0 fully saturated rings. The van der Waals surface area contributed by atoms with Crippen LogP contribution in [0.15, 0.2) is 36.5 Å². The van der Waals surface area contributed by atoms with Crippen LogP contribution in [-0.2, 0) is 0 Å². The molecule has 0 bridgehead atoms. The van der Waals surface area contributed by atoms with Crippen molar-refractivity contribution in [3.05, 3.63) is 41.8 Å². The molecule has 0 aliphatic rings. The molecule has 76 valence electrons. The Labute approximate surface area is 91.6 Å². The molecule has 0 amide bonds. The first-order chi connectivity index (χ1) is 7.25. The van der Waals surface area contributed by atoms with E-state index in [0.29, 0.717) is 5.82 Å². The highest BCUT2D eigenvalue weighted by Gasteiger charge is 2.04. The minimum Gasteiger partial charge on any atom is -0.503 e. The lowest BCUT2D eigenvalue weighted by molar-refractivity contribution is 0.472. The molecule has 0 saturated heterocycles. The van der Waals surface area contributed by atoms with Gasteiger partial charge in [0.05, 0.1) is 6.20 Å². The second kappa shape index (κ2) is 4.14. The Hall–Kier alpha value is -1.81. The summed E-state index contributed by atoms with van der Waals surface area (Å²) in [6.07, 6.45) is 1.25. The monoisotopic (exact) mass is 221 g/mol. The van der Waals surface area contributed by atoms with Crippen molar-refractivity contribution in [1.82, 2.24) is 9.97 Å². The molecule has 0 aliphatic heterocycles. The van der Waals surface area contributed by atoms with E-state index in [1.807, 2.05) is 30.3 Å². The Morgan fingerprint density at radius 1 is 1.20 bits per heavy atom. The zero-order valence-electron chi connectivity index (χ0n) is 7.68. The van der Waals surface area contributed by atoms with Crippen LogP contribution in [0, 0.1) is 0 Å². The maximum atomic E-state index is 9.45. The fourth-order valence-corrected chi connectivity index (χ4v) is 1.24. The average Bonchev–Trinajstić information content (AvgIpc) is 2.25. The molecule has 15 heavy (non-hydrogen) atoms. The molecule has 0 radical (unpaired) electrons. The smallest absolute Gasteiger partial charge is 0.224 e. The van der Waals surface area contributed by atoms with Gasteiger partial charge in [-0.1, -0.05) is 18.2 Å². The Balaban J connectivity index is 2.28. The van der Waals surface area contributed by atoms with E-state index in [0.717, 1.165) is 5.69 Å². The molecular weight excluding hydrogens is 214 g/mol. The Bertz CT molecular complexity index is 461. The van der Waals surface area contributed by atoms with Gasteiger partial charge in [0.1, 0.15) is 0 Å². The lowest BCUT2D eigenvalue weighted by Gasteiger charge is -2.06. The Morgan fingerprint density at radius 2 is 1.93 bits per heavy atom. The van der Waals surface area contributed by atoms with E-state index >= 15 is 0 Å². The minimum atomic E-state index is -0.0387. The first-order valence-electron chi connectivity index (χ1n) is 4.29. The molecule has 0 spiro atoms. The number of aromatic hydroxyl groups is 1. The number of hydrogen-bond donors (Lipinski definition) is 2. The predicted octanol–water partition coefficient (Wildman–Crippen LogP) is 2.58.